The third-order valence-corrected chi connectivity index (χ3v) is 10.4. The molecule has 6 rings (SSSR count). The average Bonchev–Trinajstić information content (AvgIpc) is 4.09. The maximum absolute atomic E-state index is 12.6. The normalized spacial score (nSPS) is 28.6. The van der Waals surface area contributed by atoms with Crippen LogP contribution >= 0.6 is 0 Å². The van der Waals surface area contributed by atoms with Gasteiger partial charge in [-0.15, -0.1) is 0 Å². The van der Waals surface area contributed by atoms with Gasteiger partial charge in [0.05, 0.1) is 32.5 Å². The molecule has 1 unspecified atom stereocenters. The van der Waals surface area contributed by atoms with Crippen molar-refractivity contribution in [2.24, 2.45) is 5.92 Å². The predicted molar refractivity (Wildman–Crippen MR) is 210 cm³/mol. The van der Waals surface area contributed by atoms with Gasteiger partial charge in [-0.2, -0.15) is 0 Å². The Hall–Kier alpha value is -4.25. The number of carbonyl (C=O) groups is 3. The van der Waals surface area contributed by atoms with Gasteiger partial charge in [0.15, 0.2) is 24.8 Å². The first kappa shape index (κ1) is 44.3. The van der Waals surface area contributed by atoms with Crippen LogP contribution in [0.2, 0.25) is 0 Å². The van der Waals surface area contributed by atoms with Crippen molar-refractivity contribution in [1.29, 1.82) is 0 Å². The van der Waals surface area contributed by atoms with Crippen molar-refractivity contribution in [3.63, 3.8) is 0 Å². The van der Waals surface area contributed by atoms with Gasteiger partial charge < -0.3 is 52.1 Å². The van der Waals surface area contributed by atoms with Crippen molar-refractivity contribution >= 4 is 17.9 Å². The van der Waals surface area contributed by atoms with Crippen LogP contribution in [-0.4, -0.2) is 106 Å². The van der Waals surface area contributed by atoms with E-state index in [-0.39, 0.29) is 45.1 Å². The largest absolute Gasteiger partial charge is 0.463 e. The van der Waals surface area contributed by atoms with Gasteiger partial charge in [-0.25, -0.2) is 0 Å². The highest BCUT2D eigenvalue weighted by Gasteiger charge is 2.54. The monoisotopic (exact) mass is 820 g/mol. The molecular formula is C45H56O14. The molecule has 3 fully saturated rings. The van der Waals surface area contributed by atoms with E-state index in [1.807, 2.05) is 97.9 Å². The molecular weight excluding hydrogens is 764 g/mol. The molecule has 2 saturated heterocycles. The Balaban J connectivity index is 1.32. The minimum Gasteiger partial charge on any atom is -0.463 e. The number of carbonyl (C=O) groups excluding carboxylic acids is 3. The van der Waals surface area contributed by atoms with E-state index in [9.17, 15) is 14.4 Å². The van der Waals surface area contributed by atoms with Gasteiger partial charge in [0.1, 0.15) is 43.2 Å². The smallest absolute Gasteiger partial charge is 0.303 e. The van der Waals surface area contributed by atoms with Gasteiger partial charge in [0.25, 0.3) is 0 Å². The number of esters is 3. The van der Waals surface area contributed by atoms with Crippen LogP contribution in [0, 0.1) is 5.92 Å². The van der Waals surface area contributed by atoms with Gasteiger partial charge >= 0.3 is 17.9 Å². The SMILES string of the molecule is CO[C@H]1O[C@H](CO[C@@H]2O[C@H](COC(C)=O)[C@@H](OC(C)=O)[C@H](OC(C)=O)[C@H]2OC(C)C2CC2)[C@@H](OCc2ccccc2)[C@H](OCc2ccccc2)[C@@H]1OCc1ccccc1. The molecule has 0 radical (unpaired) electrons. The fraction of sp³-hybridized carbons (Fsp3) is 0.533. The lowest BCUT2D eigenvalue weighted by Crippen LogP contribution is -2.64. The molecule has 0 N–H and O–H groups in total. The van der Waals surface area contributed by atoms with E-state index in [0.717, 1.165) is 29.5 Å². The summed E-state index contributed by atoms with van der Waals surface area (Å²) in [5.41, 5.74) is 2.83. The summed E-state index contributed by atoms with van der Waals surface area (Å²) < 4.78 is 69.1. The molecule has 14 heteroatoms. The van der Waals surface area contributed by atoms with Crippen LogP contribution in [0.15, 0.2) is 91.0 Å². The van der Waals surface area contributed by atoms with E-state index in [0.29, 0.717) is 0 Å². The number of methoxy groups -OCH3 is 1. The van der Waals surface area contributed by atoms with E-state index >= 15 is 0 Å². The summed E-state index contributed by atoms with van der Waals surface area (Å²) in [4.78, 5) is 37.0. The second-order valence-electron chi connectivity index (χ2n) is 15.0. The molecule has 11 atom stereocenters. The summed E-state index contributed by atoms with van der Waals surface area (Å²) in [6, 6.07) is 29.3. The van der Waals surface area contributed by atoms with Gasteiger partial charge in [0, 0.05) is 27.9 Å². The summed E-state index contributed by atoms with van der Waals surface area (Å²) in [6.45, 7) is 5.90. The second kappa shape index (κ2) is 21.8. The first-order valence-corrected chi connectivity index (χ1v) is 20.1. The lowest BCUT2D eigenvalue weighted by atomic mass is 9.96. The molecule has 2 heterocycles. The van der Waals surface area contributed by atoms with Crippen LogP contribution < -0.4 is 0 Å². The molecule has 1 saturated carbocycles. The zero-order valence-electron chi connectivity index (χ0n) is 34.3. The number of rotatable bonds is 20. The molecule has 0 spiro atoms. The highest BCUT2D eigenvalue weighted by Crippen LogP contribution is 2.38. The van der Waals surface area contributed by atoms with Gasteiger partial charge in [-0.3, -0.25) is 14.4 Å². The third-order valence-electron chi connectivity index (χ3n) is 10.4. The van der Waals surface area contributed by atoms with Crippen LogP contribution in [0.4, 0.5) is 0 Å². The molecule has 2 aliphatic heterocycles. The van der Waals surface area contributed by atoms with Crippen LogP contribution in [0.5, 0.6) is 0 Å². The summed E-state index contributed by atoms with van der Waals surface area (Å²) in [5.74, 6) is -1.60. The summed E-state index contributed by atoms with van der Waals surface area (Å²) in [6.07, 6.45) is -8.10. The zero-order chi connectivity index (χ0) is 41.7. The third kappa shape index (κ3) is 12.9. The average molecular weight is 821 g/mol. The first-order chi connectivity index (χ1) is 28.6. The van der Waals surface area contributed by atoms with Crippen molar-refractivity contribution in [2.75, 3.05) is 20.3 Å². The van der Waals surface area contributed by atoms with Crippen molar-refractivity contribution in [3.05, 3.63) is 108 Å². The molecule has 3 aromatic rings. The molecule has 0 bridgehead atoms. The Morgan fingerprint density at radius 2 is 1.03 bits per heavy atom. The zero-order valence-corrected chi connectivity index (χ0v) is 34.3. The predicted octanol–water partition coefficient (Wildman–Crippen LogP) is 5.47. The quantitative estimate of drug-likeness (QED) is 0.105. The number of ether oxygens (including phenoxy) is 11. The minimum atomic E-state index is -1.22. The summed E-state index contributed by atoms with van der Waals surface area (Å²) in [7, 11) is 1.53. The number of hydrogen-bond donors (Lipinski definition) is 0. The Bertz CT molecular complexity index is 1740. The van der Waals surface area contributed by atoms with Crippen LogP contribution in [0.3, 0.4) is 0 Å². The second-order valence-corrected chi connectivity index (χ2v) is 15.0. The maximum atomic E-state index is 12.6. The van der Waals surface area contributed by atoms with Crippen molar-refractivity contribution in [2.45, 2.75) is 128 Å². The van der Waals surface area contributed by atoms with E-state index in [1.165, 1.54) is 27.9 Å². The summed E-state index contributed by atoms with van der Waals surface area (Å²) in [5, 5.41) is 0. The fourth-order valence-corrected chi connectivity index (χ4v) is 7.33. The van der Waals surface area contributed by atoms with Crippen molar-refractivity contribution < 1.29 is 66.5 Å². The Labute approximate surface area is 345 Å². The van der Waals surface area contributed by atoms with Crippen LogP contribution in [0.1, 0.15) is 57.2 Å². The van der Waals surface area contributed by atoms with Crippen molar-refractivity contribution in [1.82, 2.24) is 0 Å². The molecule has 3 aliphatic rings. The fourth-order valence-electron chi connectivity index (χ4n) is 7.33. The lowest BCUT2D eigenvalue weighted by molar-refractivity contribution is -0.347. The van der Waals surface area contributed by atoms with Crippen molar-refractivity contribution in [3.8, 4) is 0 Å². The van der Waals surface area contributed by atoms with Crippen LogP contribution in [-0.2, 0) is 86.3 Å². The standard InChI is InChI=1S/C45H56O14/c1-28(35-21-22-35)55-43-41(57-31(4)48)39(56-30(3)47)37(26-50-29(2)46)59-45(43)54-27-36-38(51-23-32-15-9-6-10-16-32)40(52-24-33-17-11-7-12-18-33)42(44(49-5)58-36)53-25-34-19-13-8-14-20-34/h6-20,28,35-45H,21-27H2,1-5H3/t28?,36-,37-,38-,39-,40+,41+,42+,43-,44+,45-/m1/s1. The Morgan fingerprint density at radius 3 is 1.53 bits per heavy atom. The maximum Gasteiger partial charge on any atom is 0.303 e. The molecule has 0 aromatic heterocycles. The topological polar surface area (TPSA) is 153 Å². The Morgan fingerprint density at radius 1 is 0.559 bits per heavy atom. The van der Waals surface area contributed by atoms with E-state index in [2.05, 4.69) is 0 Å². The molecule has 14 nitrogen and oxygen atoms in total. The van der Waals surface area contributed by atoms with E-state index in [4.69, 9.17) is 52.1 Å². The molecule has 3 aromatic carbocycles. The molecule has 320 valence electrons. The van der Waals surface area contributed by atoms with Gasteiger partial charge in [-0.1, -0.05) is 91.0 Å². The lowest BCUT2D eigenvalue weighted by Gasteiger charge is -2.47. The minimum absolute atomic E-state index is 0.149. The summed E-state index contributed by atoms with van der Waals surface area (Å²) >= 11 is 0. The first-order valence-electron chi connectivity index (χ1n) is 20.1. The molecule has 59 heavy (non-hydrogen) atoms. The van der Waals surface area contributed by atoms with Gasteiger partial charge in [0.2, 0.25) is 0 Å². The molecule has 0 amide bonds. The van der Waals surface area contributed by atoms with E-state index in [1.54, 1.807) is 0 Å². The highest BCUT2D eigenvalue weighted by molar-refractivity contribution is 5.68. The van der Waals surface area contributed by atoms with E-state index < -0.39 is 79.3 Å². The Kier molecular flexibility index (Phi) is 16.4. The van der Waals surface area contributed by atoms with Gasteiger partial charge in [-0.05, 0) is 42.4 Å². The number of hydrogen-bond acceptors (Lipinski definition) is 14. The number of benzene rings is 3. The highest BCUT2D eigenvalue weighted by atomic mass is 16.8. The van der Waals surface area contributed by atoms with Crippen LogP contribution in [0.25, 0.3) is 0 Å². The molecule has 1 aliphatic carbocycles.